The lowest BCUT2D eigenvalue weighted by molar-refractivity contribution is -0.139. The fraction of sp³-hybridized carbons (Fsp3) is 0.533. The predicted molar refractivity (Wildman–Crippen MR) is 80.9 cm³/mol. The fourth-order valence-electron chi connectivity index (χ4n) is 2.65. The van der Waals surface area contributed by atoms with Gasteiger partial charge in [0.1, 0.15) is 5.75 Å². The van der Waals surface area contributed by atoms with Crippen LogP contribution in [0.2, 0.25) is 0 Å². The molecule has 1 aromatic carbocycles. The van der Waals surface area contributed by atoms with Crippen molar-refractivity contribution in [1.82, 2.24) is 4.90 Å². The summed E-state index contributed by atoms with van der Waals surface area (Å²) in [5, 5.41) is 0. The summed E-state index contributed by atoms with van der Waals surface area (Å²) >= 11 is 0. The molecule has 2 rings (SSSR count). The van der Waals surface area contributed by atoms with E-state index in [-0.39, 0.29) is 29.2 Å². The van der Waals surface area contributed by atoms with Crippen LogP contribution in [0.4, 0.5) is 8.78 Å². The molecule has 1 aromatic rings. The topological polar surface area (TPSA) is 63.7 Å². The van der Waals surface area contributed by atoms with Crippen molar-refractivity contribution in [3.63, 3.8) is 0 Å². The number of carbonyl (C=O) groups is 1. The van der Waals surface area contributed by atoms with Crippen LogP contribution in [-0.2, 0) is 14.6 Å². The molecule has 0 bridgehead atoms. The SMILES string of the molecule is CCN(C(=O)C(C)Oc1ccc(F)c(F)c1)C1CCS(=O)(=O)C1. The second kappa shape index (κ2) is 6.82. The fourth-order valence-corrected chi connectivity index (χ4v) is 4.38. The Labute approximate surface area is 134 Å². The second-order valence-corrected chi connectivity index (χ2v) is 7.75. The molecule has 1 amide bonds. The highest BCUT2D eigenvalue weighted by Crippen LogP contribution is 2.21. The Kier molecular flexibility index (Phi) is 5.23. The van der Waals surface area contributed by atoms with Gasteiger partial charge < -0.3 is 9.64 Å². The number of hydrogen-bond donors (Lipinski definition) is 0. The summed E-state index contributed by atoms with van der Waals surface area (Å²) in [5.41, 5.74) is 0. The number of nitrogens with zero attached hydrogens (tertiary/aromatic N) is 1. The minimum absolute atomic E-state index is 0.0415. The lowest BCUT2D eigenvalue weighted by Crippen LogP contribution is -2.46. The molecule has 128 valence electrons. The van der Waals surface area contributed by atoms with Gasteiger partial charge >= 0.3 is 0 Å². The van der Waals surface area contributed by atoms with Crippen LogP contribution in [0, 0.1) is 11.6 Å². The van der Waals surface area contributed by atoms with E-state index in [1.807, 2.05) is 0 Å². The van der Waals surface area contributed by atoms with Crippen molar-refractivity contribution in [2.75, 3.05) is 18.1 Å². The lowest BCUT2D eigenvalue weighted by atomic mass is 10.2. The van der Waals surface area contributed by atoms with Gasteiger partial charge in [-0.2, -0.15) is 0 Å². The highest BCUT2D eigenvalue weighted by Gasteiger charge is 2.35. The van der Waals surface area contributed by atoms with E-state index >= 15 is 0 Å². The summed E-state index contributed by atoms with van der Waals surface area (Å²) in [6.07, 6.45) is -0.525. The number of carbonyl (C=O) groups excluding carboxylic acids is 1. The Hall–Kier alpha value is -1.70. The highest BCUT2D eigenvalue weighted by atomic mass is 32.2. The smallest absolute Gasteiger partial charge is 0.263 e. The molecule has 0 radical (unpaired) electrons. The van der Waals surface area contributed by atoms with Crippen LogP contribution < -0.4 is 4.74 Å². The van der Waals surface area contributed by atoms with E-state index in [2.05, 4.69) is 0 Å². The first-order chi connectivity index (χ1) is 10.7. The minimum atomic E-state index is -3.11. The molecule has 8 heteroatoms. The maximum Gasteiger partial charge on any atom is 0.263 e. The molecule has 5 nitrogen and oxygen atoms in total. The van der Waals surface area contributed by atoms with Gasteiger partial charge in [-0.05, 0) is 32.4 Å². The lowest BCUT2D eigenvalue weighted by Gasteiger charge is -2.29. The molecule has 1 saturated heterocycles. The van der Waals surface area contributed by atoms with Crippen molar-refractivity contribution in [1.29, 1.82) is 0 Å². The molecule has 1 heterocycles. The molecule has 1 fully saturated rings. The van der Waals surface area contributed by atoms with Gasteiger partial charge in [0.2, 0.25) is 0 Å². The zero-order valence-electron chi connectivity index (χ0n) is 13.0. The average Bonchev–Trinajstić information content (AvgIpc) is 2.83. The van der Waals surface area contributed by atoms with Crippen LogP contribution in [0.25, 0.3) is 0 Å². The molecule has 0 N–H and O–H groups in total. The van der Waals surface area contributed by atoms with Gasteiger partial charge in [-0.15, -0.1) is 0 Å². The zero-order valence-corrected chi connectivity index (χ0v) is 13.8. The number of ether oxygens (including phenoxy) is 1. The quantitative estimate of drug-likeness (QED) is 0.814. The van der Waals surface area contributed by atoms with Gasteiger partial charge in [-0.3, -0.25) is 4.79 Å². The second-order valence-electron chi connectivity index (χ2n) is 5.52. The molecule has 2 atom stereocenters. The summed E-state index contributed by atoms with van der Waals surface area (Å²) in [4.78, 5) is 13.9. The summed E-state index contributed by atoms with van der Waals surface area (Å²) in [5.74, 6) is -2.37. The number of hydrogen-bond acceptors (Lipinski definition) is 4. The summed E-state index contributed by atoms with van der Waals surface area (Å²) in [6.45, 7) is 3.60. The molecule has 1 aliphatic heterocycles. The van der Waals surface area contributed by atoms with Crippen molar-refractivity contribution in [3.05, 3.63) is 29.8 Å². The summed E-state index contributed by atoms with van der Waals surface area (Å²) < 4.78 is 54.6. The first-order valence-electron chi connectivity index (χ1n) is 7.36. The normalized spacial score (nSPS) is 21.0. The van der Waals surface area contributed by atoms with E-state index in [0.717, 1.165) is 12.1 Å². The molecule has 1 aliphatic rings. The van der Waals surface area contributed by atoms with E-state index in [0.29, 0.717) is 13.0 Å². The number of rotatable bonds is 5. The number of likely N-dealkylation sites (N-methyl/N-ethyl adjacent to an activating group) is 1. The molecular formula is C15H19F2NO4S. The van der Waals surface area contributed by atoms with Crippen LogP contribution in [0.3, 0.4) is 0 Å². The third-order valence-corrected chi connectivity index (χ3v) is 5.57. The Balaban J connectivity index is 2.06. The van der Waals surface area contributed by atoms with Gasteiger partial charge in [0, 0.05) is 18.7 Å². The molecule has 0 saturated carbocycles. The number of sulfone groups is 1. The minimum Gasteiger partial charge on any atom is -0.481 e. The van der Waals surface area contributed by atoms with Crippen LogP contribution in [0.15, 0.2) is 18.2 Å². The highest BCUT2D eigenvalue weighted by molar-refractivity contribution is 7.91. The maximum absolute atomic E-state index is 13.2. The molecule has 23 heavy (non-hydrogen) atoms. The Morgan fingerprint density at radius 3 is 2.61 bits per heavy atom. The van der Waals surface area contributed by atoms with Crippen molar-refractivity contribution >= 4 is 15.7 Å². The van der Waals surface area contributed by atoms with Crippen molar-refractivity contribution in [2.24, 2.45) is 0 Å². The number of benzene rings is 1. The molecule has 0 aromatic heterocycles. The molecular weight excluding hydrogens is 328 g/mol. The van der Waals surface area contributed by atoms with Crippen LogP contribution in [0.1, 0.15) is 20.3 Å². The third-order valence-electron chi connectivity index (χ3n) is 3.82. The van der Waals surface area contributed by atoms with E-state index in [1.54, 1.807) is 6.92 Å². The third kappa shape index (κ3) is 4.19. The molecule has 0 spiro atoms. The number of halogens is 2. The van der Waals surface area contributed by atoms with Crippen molar-refractivity contribution < 1.29 is 26.7 Å². The van der Waals surface area contributed by atoms with E-state index in [9.17, 15) is 22.0 Å². The maximum atomic E-state index is 13.2. The zero-order chi connectivity index (χ0) is 17.2. The van der Waals surface area contributed by atoms with E-state index < -0.39 is 27.6 Å². The Morgan fingerprint density at radius 1 is 1.39 bits per heavy atom. The Bertz CT molecular complexity index is 693. The van der Waals surface area contributed by atoms with Gasteiger partial charge in [-0.25, -0.2) is 17.2 Å². The largest absolute Gasteiger partial charge is 0.481 e. The van der Waals surface area contributed by atoms with Crippen LogP contribution in [-0.4, -0.2) is 49.4 Å². The first kappa shape index (κ1) is 17.7. The van der Waals surface area contributed by atoms with E-state index in [1.165, 1.54) is 17.9 Å². The van der Waals surface area contributed by atoms with Crippen molar-refractivity contribution in [3.8, 4) is 5.75 Å². The first-order valence-corrected chi connectivity index (χ1v) is 9.18. The predicted octanol–water partition coefficient (Wildman–Crippen LogP) is 1.77. The van der Waals surface area contributed by atoms with Gasteiger partial charge in [0.15, 0.2) is 27.6 Å². The summed E-state index contributed by atoms with van der Waals surface area (Å²) in [6, 6.07) is 2.66. The van der Waals surface area contributed by atoms with E-state index in [4.69, 9.17) is 4.74 Å². The van der Waals surface area contributed by atoms with Gasteiger partial charge in [-0.1, -0.05) is 0 Å². The summed E-state index contributed by atoms with van der Waals surface area (Å²) in [7, 11) is -3.11. The standard InChI is InChI=1S/C15H19F2NO4S/c1-3-18(11-6-7-23(20,21)9-11)15(19)10(2)22-12-4-5-13(16)14(17)8-12/h4-5,8,10-11H,3,6-7,9H2,1-2H3. The van der Waals surface area contributed by atoms with Crippen molar-refractivity contribution in [2.45, 2.75) is 32.4 Å². The number of amides is 1. The van der Waals surface area contributed by atoms with Gasteiger partial charge in [0.05, 0.1) is 11.5 Å². The molecule has 0 aliphatic carbocycles. The van der Waals surface area contributed by atoms with Gasteiger partial charge in [0.25, 0.3) is 5.91 Å². The van der Waals surface area contributed by atoms with Crippen LogP contribution >= 0.6 is 0 Å². The molecule has 2 unspecified atom stereocenters. The van der Waals surface area contributed by atoms with Crippen LogP contribution in [0.5, 0.6) is 5.75 Å². The Morgan fingerprint density at radius 2 is 2.09 bits per heavy atom. The average molecular weight is 347 g/mol. The monoisotopic (exact) mass is 347 g/mol.